The average Bonchev–Trinajstić information content (AvgIpc) is 2.74. The molecule has 1 aromatic carbocycles. The van der Waals surface area contributed by atoms with Crippen LogP contribution in [0.3, 0.4) is 0 Å². The van der Waals surface area contributed by atoms with Crippen LogP contribution < -0.4 is 4.74 Å². The molecule has 0 saturated carbocycles. The van der Waals surface area contributed by atoms with Gasteiger partial charge >= 0.3 is 0 Å². The Morgan fingerprint density at radius 3 is 2.94 bits per heavy atom. The highest BCUT2D eigenvalue weighted by Gasteiger charge is 2.11. The number of methoxy groups -OCH3 is 1. The molecule has 0 aliphatic carbocycles. The third-order valence-electron chi connectivity index (χ3n) is 2.73. The predicted molar refractivity (Wildman–Crippen MR) is 68.5 cm³/mol. The molecule has 3 nitrogen and oxygen atoms in total. The highest BCUT2D eigenvalue weighted by atomic mass is 35.5. The van der Waals surface area contributed by atoms with Crippen molar-refractivity contribution < 1.29 is 4.74 Å². The van der Waals surface area contributed by atoms with Gasteiger partial charge in [0.2, 0.25) is 0 Å². The maximum atomic E-state index is 9.11. The van der Waals surface area contributed by atoms with Gasteiger partial charge in [0.1, 0.15) is 11.8 Å². The van der Waals surface area contributed by atoms with Gasteiger partial charge in [-0.15, -0.1) is 11.6 Å². The van der Waals surface area contributed by atoms with Crippen LogP contribution in [0, 0.1) is 11.3 Å². The zero-order valence-electron chi connectivity index (χ0n) is 9.61. The number of nitrogens with zero attached hydrogens (tertiary/aromatic N) is 2. The van der Waals surface area contributed by atoms with E-state index in [-0.39, 0.29) is 0 Å². The number of ether oxygens (including phenoxy) is 1. The number of para-hydroxylation sites is 1. The molecule has 1 heterocycles. The van der Waals surface area contributed by atoms with Gasteiger partial charge in [-0.1, -0.05) is 12.1 Å². The van der Waals surface area contributed by atoms with Crippen LogP contribution in [0.15, 0.2) is 24.4 Å². The molecule has 0 saturated heterocycles. The van der Waals surface area contributed by atoms with Gasteiger partial charge < -0.3 is 9.30 Å². The Morgan fingerprint density at radius 1 is 1.47 bits per heavy atom. The van der Waals surface area contributed by atoms with Gasteiger partial charge in [-0.2, -0.15) is 5.26 Å². The van der Waals surface area contributed by atoms with E-state index in [2.05, 4.69) is 6.07 Å². The third-order valence-corrected chi connectivity index (χ3v) is 3.00. The first kappa shape index (κ1) is 11.8. The summed E-state index contributed by atoms with van der Waals surface area (Å²) in [6.07, 6.45) is 2.73. The summed E-state index contributed by atoms with van der Waals surface area (Å²) in [5.41, 5.74) is 1.64. The van der Waals surface area contributed by atoms with E-state index >= 15 is 0 Å². The van der Waals surface area contributed by atoms with Gasteiger partial charge in [0, 0.05) is 24.0 Å². The van der Waals surface area contributed by atoms with Gasteiger partial charge in [0.15, 0.2) is 0 Å². The Balaban J connectivity index is 2.62. The van der Waals surface area contributed by atoms with Crippen molar-refractivity contribution in [3.63, 3.8) is 0 Å². The van der Waals surface area contributed by atoms with Crippen molar-refractivity contribution >= 4 is 22.5 Å². The van der Waals surface area contributed by atoms with Crippen LogP contribution in [0.25, 0.3) is 10.9 Å². The lowest BCUT2D eigenvalue weighted by atomic mass is 10.2. The van der Waals surface area contributed by atoms with Gasteiger partial charge in [0.25, 0.3) is 0 Å². The van der Waals surface area contributed by atoms with Crippen LogP contribution >= 0.6 is 11.6 Å². The van der Waals surface area contributed by atoms with Gasteiger partial charge in [-0.25, -0.2) is 0 Å². The number of rotatable bonds is 4. The van der Waals surface area contributed by atoms with Crippen molar-refractivity contribution in [1.29, 1.82) is 5.26 Å². The minimum atomic E-state index is 0.608. The van der Waals surface area contributed by atoms with E-state index in [0.717, 1.165) is 29.6 Å². The molecule has 0 spiro atoms. The Morgan fingerprint density at radius 2 is 2.29 bits per heavy atom. The van der Waals surface area contributed by atoms with Crippen molar-refractivity contribution in [2.75, 3.05) is 13.0 Å². The lowest BCUT2D eigenvalue weighted by molar-refractivity contribution is 0.417. The number of halogens is 1. The number of alkyl halides is 1. The SMILES string of the molecule is COc1cccc2c(C#N)cn(CCCCl)c12. The van der Waals surface area contributed by atoms with Crippen molar-refractivity contribution in [2.24, 2.45) is 0 Å². The third kappa shape index (κ3) is 2.09. The standard InChI is InChI=1S/C13H13ClN2O/c1-17-12-5-2-4-11-10(8-15)9-16(13(11)12)7-3-6-14/h2,4-5,9H,3,6-7H2,1H3. The molecular formula is C13H13ClN2O. The Hall–Kier alpha value is -1.66. The van der Waals surface area contributed by atoms with Crippen LogP contribution in [-0.4, -0.2) is 17.6 Å². The smallest absolute Gasteiger partial charge is 0.143 e. The molecule has 1 aromatic heterocycles. The van der Waals surface area contributed by atoms with Crippen molar-refractivity contribution in [3.05, 3.63) is 30.0 Å². The molecule has 0 fully saturated rings. The van der Waals surface area contributed by atoms with Gasteiger partial charge in [0.05, 0.1) is 18.2 Å². The summed E-state index contributed by atoms with van der Waals surface area (Å²) < 4.78 is 7.38. The second kappa shape index (κ2) is 5.11. The lowest BCUT2D eigenvalue weighted by Gasteiger charge is -2.07. The fraction of sp³-hybridized carbons (Fsp3) is 0.308. The Labute approximate surface area is 105 Å². The Kier molecular flexibility index (Phi) is 3.55. The molecule has 0 amide bonds. The average molecular weight is 249 g/mol. The fourth-order valence-corrected chi connectivity index (χ4v) is 2.11. The fourth-order valence-electron chi connectivity index (χ4n) is 1.99. The number of aromatic nitrogens is 1. The zero-order valence-corrected chi connectivity index (χ0v) is 10.4. The number of nitriles is 1. The number of hydrogen-bond donors (Lipinski definition) is 0. The highest BCUT2D eigenvalue weighted by molar-refractivity contribution is 6.17. The maximum absolute atomic E-state index is 9.11. The molecule has 4 heteroatoms. The molecule has 0 N–H and O–H groups in total. The summed E-state index contributed by atoms with van der Waals surface area (Å²) in [5.74, 6) is 1.40. The highest BCUT2D eigenvalue weighted by Crippen LogP contribution is 2.29. The molecule has 2 aromatic rings. The van der Waals surface area contributed by atoms with E-state index in [9.17, 15) is 0 Å². The van der Waals surface area contributed by atoms with Crippen molar-refractivity contribution in [1.82, 2.24) is 4.57 Å². The first-order valence-electron chi connectivity index (χ1n) is 5.43. The van der Waals surface area contributed by atoms with Crippen LogP contribution in [0.4, 0.5) is 0 Å². The Bertz CT molecular complexity index is 569. The molecule has 0 radical (unpaired) electrons. The van der Waals surface area contributed by atoms with Crippen molar-refractivity contribution in [3.8, 4) is 11.8 Å². The lowest BCUT2D eigenvalue weighted by Crippen LogP contribution is -1.98. The summed E-state index contributed by atoms with van der Waals surface area (Å²) in [6, 6.07) is 7.95. The van der Waals surface area contributed by atoms with Gasteiger partial charge in [-0.3, -0.25) is 0 Å². The number of fused-ring (bicyclic) bond motifs is 1. The minimum absolute atomic E-state index is 0.608. The van der Waals surface area contributed by atoms with E-state index in [4.69, 9.17) is 21.6 Å². The van der Waals surface area contributed by atoms with Crippen LogP contribution in [0.5, 0.6) is 5.75 Å². The quantitative estimate of drug-likeness (QED) is 0.780. The van der Waals surface area contributed by atoms with E-state index in [1.807, 2.05) is 29.0 Å². The van der Waals surface area contributed by atoms with Crippen molar-refractivity contribution in [2.45, 2.75) is 13.0 Å². The molecule has 0 atom stereocenters. The number of benzene rings is 1. The number of aryl methyl sites for hydroxylation is 1. The second-order valence-electron chi connectivity index (χ2n) is 3.75. The molecule has 0 bridgehead atoms. The van der Waals surface area contributed by atoms with E-state index in [1.54, 1.807) is 7.11 Å². The summed E-state index contributed by atoms with van der Waals surface area (Å²) in [5, 5.41) is 10.0. The molecule has 0 aliphatic heterocycles. The first-order valence-corrected chi connectivity index (χ1v) is 5.97. The van der Waals surface area contributed by atoms with Crippen LogP contribution in [-0.2, 0) is 6.54 Å². The largest absolute Gasteiger partial charge is 0.495 e. The topological polar surface area (TPSA) is 37.9 Å². The summed E-state index contributed by atoms with van der Waals surface area (Å²) in [7, 11) is 1.64. The first-order chi connectivity index (χ1) is 8.31. The number of hydrogen-bond acceptors (Lipinski definition) is 2. The molecule has 0 aliphatic rings. The van der Waals surface area contributed by atoms with E-state index < -0.39 is 0 Å². The summed E-state index contributed by atoms with van der Waals surface area (Å²) in [6.45, 7) is 0.794. The second-order valence-corrected chi connectivity index (χ2v) is 4.12. The van der Waals surface area contributed by atoms with Crippen LogP contribution in [0.2, 0.25) is 0 Å². The molecular weight excluding hydrogens is 236 g/mol. The van der Waals surface area contributed by atoms with Crippen LogP contribution in [0.1, 0.15) is 12.0 Å². The van der Waals surface area contributed by atoms with E-state index in [1.165, 1.54) is 0 Å². The normalized spacial score (nSPS) is 10.4. The van der Waals surface area contributed by atoms with Gasteiger partial charge in [-0.05, 0) is 12.5 Å². The molecule has 88 valence electrons. The predicted octanol–water partition coefficient (Wildman–Crippen LogP) is 3.15. The molecule has 17 heavy (non-hydrogen) atoms. The monoisotopic (exact) mass is 248 g/mol. The molecule has 2 rings (SSSR count). The minimum Gasteiger partial charge on any atom is -0.495 e. The summed E-state index contributed by atoms with van der Waals surface area (Å²) in [4.78, 5) is 0. The maximum Gasteiger partial charge on any atom is 0.143 e. The zero-order chi connectivity index (χ0) is 12.3. The van der Waals surface area contributed by atoms with E-state index in [0.29, 0.717) is 11.4 Å². The summed E-state index contributed by atoms with van der Waals surface area (Å²) >= 11 is 5.71. The molecule has 0 unspecified atom stereocenters.